The van der Waals surface area contributed by atoms with Crippen LogP contribution >= 0.6 is 11.6 Å². The fourth-order valence-corrected chi connectivity index (χ4v) is 7.06. The number of benzene rings is 3. The van der Waals surface area contributed by atoms with Gasteiger partial charge in [0.15, 0.2) is 12.4 Å². The second-order valence-corrected chi connectivity index (χ2v) is 11.6. The summed E-state index contributed by atoms with van der Waals surface area (Å²) in [7, 11) is 0. The first kappa shape index (κ1) is 26.5. The van der Waals surface area contributed by atoms with Gasteiger partial charge in [0.1, 0.15) is 5.82 Å². The van der Waals surface area contributed by atoms with E-state index in [1.54, 1.807) is 48.5 Å². The van der Waals surface area contributed by atoms with E-state index in [-0.39, 0.29) is 34.8 Å². The molecule has 3 fully saturated rings. The van der Waals surface area contributed by atoms with Crippen molar-refractivity contribution in [3.05, 3.63) is 94.8 Å². The fraction of sp³-hybridized carbons (Fsp3) is 0.242. The van der Waals surface area contributed by atoms with Crippen molar-refractivity contribution in [3.8, 4) is 11.3 Å². The van der Waals surface area contributed by atoms with Crippen LogP contribution in [-0.4, -0.2) is 35.2 Å². The number of hydrogen-bond acceptors (Lipinski definition) is 6. The van der Waals surface area contributed by atoms with Crippen LogP contribution in [-0.2, 0) is 14.3 Å². The van der Waals surface area contributed by atoms with Gasteiger partial charge in [0.2, 0.25) is 11.8 Å². The number of amides is 2. The minimum absolute atomic E-state index is 0.106. The van der Waals surface area contributed by atoms with Crippen LogP contribution in [0.4, 0.5) is 10.1 Å². The molecule has 7 rings (SSSR count). The van der Waals surface area contributed by atoms with Crippen molar-refractivity contribution in [3.63, 3.8) is 0 Å². The lowest BCUT2D eigenvalue weighted by Gasteiger charge is -2.19. The maximum Gasteiger partial charge on any atom is 0.339 e. The molecule has 7 nitrogen and oxygen atoms in total. The lowest BCUT2D eigenvalue weighted by molar-refractivity contribution is -0.123. The number of hydrogen-bond donors (Lipinski definition) is 0. The Bertz CT molecular complexity index is 1760. The molecule has 42 heavy (non-hydrogen) atoms. The Morgan fingerprint density at radius 2 is 1.57 bits per heavy atom. The first-order chi connectivity index (χ1) is 20.3. The molecule has 4 aromatic rings. The summed E-state index contributed by atoms with van der Waals surface area (Å²) in [6.07, 6.45) is 3.01. The Labute approximate surface area is 245 Å². The highest BCUT2D eigenvalue weighted by Crippen LogP contribution is 2.56. The highest BCUT2D eigenvalue weighted by molar-refractivity contribution is 6.31. The predicted octanol–water partition coefficient (Wildman–Crippen LogP) is 6.27. The normalized spacial score (nSPS) is 22.6. The number of anilines is 1. The van der Waals surface area contributed by atoms with Crippen LogP contribution in [0.3, 0.4) is 0 Å². The van der Waals surface area contributed by atoms with Gasteiger partial charge in [0.25, 0.3) is 0 Å². The number of esters is 1. The highest BCUT2D eigenvalue weighted by Gasteiger charge is 2.61. The quantitative estimate of drug-likeness (QED) is 0.151. The van der Waals surface area contributed by atoms with Crippen LogP contribution in [0, 0.1) is 29.5 Å². The zero-order valence-corrected chi connectivity index (χ0v) is 23.0. The molecular formula is C33H24ClFN2O5. The maximum atomic E-state index is 13.2. The van der Waals surface area contributed by atoms with Gasteiger partial charge in [0, 0.05) is 21.5 Å². The molecule has 2 aliphatic carbocycles. The van der Waals surface area contributed by atoms with E-state index in [9.17, 15) is 23.6 Å². The van der Waals surface area contributed by atoms with Gasteiger partial charge >= 0.3 is 5.97 Å². The Kier molecular flexibility index (Phi) is 6.39. The molecule has 1 saturated heterocycles. The van der Waals surface area contributed by atoms with E-state index in [1.165, 1.54) is 17.0 Å². The molecule has 2 amide bonds. The number of pyridine rings is 1. The molecule has 0 spiro atoms. The summed E-state index contributed by atoms with van der Waals surface area (Å²) in [6, 6.07) is 18.5. The van der Waals surface area contributed by atoms with E-state index in [1.807, 2.05) is 0 Å². The van der Waals surface area contributed by atoms with Crippen molar-refractivity contribution in [2.24, 2.45) is 23.7 Å². The minimum atomic E-state index is -0.743. The lowest BCUT2D eigenvalue weighted by Crippen LogP contribution is -2.32. The Morgan fingerprint density at radius 1 is 0.905 bits per heavy atom. The number of aromatic nitrogens is 1. The number of fused-ring (bicyclic) bond motifs is 6. The number of ether oxygens (including phenoxy) is 1. The van der Waals surface area contributed by atoms with Gasteiger partial charge in [-0.25, -0.2) is 14.2 Å². The van der Waals surface area contributed by atoms with Crippen LogP contribution < -0.4 is 4.90 Å². The number of carbonyl (C=O) groups excluding carboxylic acids is 4. The molecular weight excluding hydrogens is 559 g/mol. The summed E-state index contributed by atoms with van der Waals surface area (Å²) < 4.78 is 18.6. The van der Waals surface area contributed by atoms with Crippen LogP contribution in [0.15, 0.2) is 72.8 Å². The summed E-state index contributed by atoms with van der Waals surface area (Å²) in [6.45, 7) is -0.527. The summed E-state index contributed by atoms with van der Waals surface area (Å²) >= 11 is 6.21. The zero-order valence-electron chi connectivity index (χ0n) is 22.3. The smallest absolute Gasteiger partial charge is 0.339 e. The second-order valence-electron chi connectivity index (χ2n) is 11.2. The van der Waals surface area contributed by atoms with Crippen LogP contribution in [0.2, 0.25) is 5.02 Å². The van der Waals surface area contributed by atoms with Crippen molar-refractivity contribution < 1.29 is 28.3 Å². The average molecular weight is 583 g/mol. The van der Waals surface area contributed by atoms with Crippen molar-refractivity contribution in [1.82, 2.24) is 4.98 Å². The monoisotopic (exact) mass is 582 g/mol. The number of nitrogens with zero attached hydrogens (tertiary/aromatic N) is 2. The third-order valence-corrected chi connectivity index (χ3v) is 9.08. The molecule has 210 valence electrons. The molecule has 3 aliphatic rings. The Hall–Kier alpha value is -4.43. The van der Waals surface area contributed by atoms with E-state index >= 15 is 0 Å². The Balaban J connectivity index is 1.16. The zero-order chi connectivity index (χ0) is 29.1. The van der Waals surface area contributed by atoms with E-state index in [0.717, 1.165) is 31.4 Å². The van der Waals surface area contributed by atoms with Crippen molar-refractivity contribution in [2.45, 2.75) is 19.3 Å². The number of halogens is 2. The maximum absolute atomic E-state index is 13.2. The topological polar surface area (TPSA) is 93.6 Å². The van der Waals surface area contributed by atoms with Gasteiger partial charge in [-0.05, 0) is 91.8 Å². The minimum Gasteiger partial charge on any atom is -0.454 e. The predicted molar refractivity (Wildman–Crippen MR) is 154 cm³/mol. The molecule has 2 bridgehead atoms. The van der Waals surface area contributed by atoms with Gasteiger partial charge in [-0.1, -0.05) is 23.7 Å². The number of ketones is 1. The number of rotatable bonds is 6. The molecule has 4 unspecified atom stereocenters. The Morgan fingerprint density at radius 3 is 2.24 bits per heavy atom. The molecule has 1 aliphatic heterocycles. The van der Waals surface area contributed by atoms with E-state index in [4.69, 9.17) is 21.3 Å². The SMILES string of the molecule is O=C(COC(=O)c1cc(-c2ccc(N3C(=O)C4C5CCC(C5)C4C3=O)cc2)nc2ccc(Cl)cc12)c1ccc(F)cc1. The van der Waals surface area contributed by atoms with Gasteiger partial charge < -0.3 is 4.74 Å². The van der Waals surface area contributed by atoms with Crippen molar-refractivity contribution >= 4 is 51.8 Å². The lowest BCUT2D eigenvalue weighted by atomic mass is 9.81. The third-order valence-electron chi connectivity index (χ3n) is 8.84. The first-order valence-corrected chi connectivity index (χ1v) is 14.2. The molecule has 0 radical (unpaired) electrons. The van der Waals surface area contributed by atoms with E-state index < -0.39 is 24.2 Å². The van der Waals surface area contributed by atoms with Crippen molar-refractivity contribution in [2.75, 3.05) is 11.5 Å². The molecule has 9 heteroatoms. The highest BCUT2D eigenvalue weighted by atomic mass is 35.5. The van der Waals surface area contributed by atoms with Crippen molar-refractivity contribution in [1.29, 1.82) is 0 Å². The number of imide groups is 1. The molecule has 2 heterocycles. The second kappa shape index (κ2) is 10.1. The van der Waals surface area contributed by atoms with Gasteiger partial charge in [-0.15, -0.1) is 0 Å². The van der Waals surface area contributed by atoms with Crippen LogP contribution in [0.25, 0.3) is 22.2 Å². The van der Waals surface area contributed by atoms with Gasteiger partial charge in [-0.3, -0.25) is 19.3 Å². The molecule has 0 N–H and O–H groups in total. The molecule has 4 atom stereocenters. The molecule has 1 aromatic heterocycles. The average Bonchev–Trinajstić information content (AvgIpc) is 3.69. The van der Waals surface area contributed by atoms with Crippen LogP contribution in [0.1, 0.15) is 40.0 Å². The summed E-state index contributed by atoms with van der Waals surface area (Å²) in [4.78, 5) is 58.2. The summed E-state index contributed by atoms with van der Waals surface area (Å²) in [5.41, 5.74) is 2.52. The molecule has 3 aromatic carbocycles. The molecule has 2 saturated carbocycles. The number of Topliss-reactive ketones (excluding diaryl/α,β-unsaturated/α-hetero) is 1. The number of carbonyl (C=O) groups is 4. The summed E-state index contributed by atoms with van der Waals surface area (Å²) in [5.74, 6) is -1.69. The summed E-state index contributed by atoms with van der Waals surface area (Å²) in [5, 5.41) is 0.854. The van der Waals surface area contributed by atoms with E-state index in [0.29, 0.717) is 44.7 Å². The largest absolute Gasteiger partial charge is 0.454 e. The van der Waals surface area contributed by atoms with Gasteiger partial charge in [-0.2, -0.15) is 0 Å². The first-order valence-electron chi connectivity index (χ1n) is 13.8. The fourth-order valence-electron chi connectivity index (χ4n) is 6.89. The van der Waals surface area contributed by atoms with E-state index in [2.05, 4.69) is 0 Å². The van der Waals surface area contributed by atoms with Gasteiger partial charge in [0.05, 0.1) is 34.3 Å². The van der Waals surface area contributed by atoms with Crippen LogP contribution in [0.5, 0.6) is 0 Å². The standard InChI is InChI=1S/C33H24ClFN2O5/c34-21-7-12-26-24(14-21)25(33(41)42-16-28(38)18-3-8-22(35)9-4-18)15-27(36-26)17-5-10-23(11-6-17)37-31(39)29-19-1-2-20(13-19)30(29)32(37)40/h3-12,14-15,19-20,29-30H,1-2,13,16H2. The third kappa shape index (κ3) is 4.38.